The summed E-state index contributed by atoms with van der Waals surface area (Å²) in [5, 5.41) is 0. The minimum atomic E-state index is -2.37. The lowest BCUT2D eigenvalue weighted by molar-refractivity contribution is 0.146. The molecule has 2 rings (SSSR count). The molecule has 1 N–H and O–H groups in total. The molecule has 0 aliphatic heterocycles. The summed E-state index contributed by atoms with van der Waals surface area (Å²) in [6.45, 7) is 0. The van der Waals surface area contributed by atoms with Crippen molar-refractivity contribution in [2.45, 2.75) is 31.8 Å². The van der Waals surface area contributed by atoms with E-state index in [1.807, 2.05) is 0 Å². The third-order valence-electron chi connectivity index (χ3n) is 2.39. The van der Waals surface area contributed by atoms with Crippen LogP contribution in [0, 0.1) is 11.8 Å². The van der Waals surface area contributed by atoms with E-state index >= 15 is 0 Å². The Morgan fingerprint density at radius 2 is 1.73 bits per heavy atom. The van der Waals surface area contributed by atoms with Crippen LogP contribution >= 0.6 is 8.25 Å². The Bertz CT molecular complexity index is 163. The average molecular weight is 175 g/mol. The highest BCUT2D eigenvalue weighted by Crippen LogP contribution is 2.48. The summed E-state index contributed by atoms with van der Waals surface area (Å²) >= 11 is 0. The summed E-state index contributed by atoms with van der Waals surface area (Å²) in [6.07, 6.45) is 4.84. The molecule has 0 heterocycles. The number of hydrogen-bond acceptors (Lipinski definition) is 2. The Hall–Kier alpha value is 0.0200. The lowest BCUT2D eigenvalue weighted by Gasteiger charge is -2.04. The number of rotatable bonds is 4. The Labute approximate surface area is 66.7 Å². The second kappa shape index (κ2) is 2.81. The lowest BCUT2D eigenvalue weighted by Crippen LogP contribution is -2.13. The van der Waals surface area contributed by atoms with E-state index in [0.717, 1.165) is 0 Å². The quantitative estimate of drug-likeness (QED) is 0.663. The summed E-state index contributed by atoms with van der Waals surface area (Å²) in [5.74, 6) is 1.18. The van der Waals surface area contributed by atoms with Crippen molar-refractivity contribution in [3.63, 3.8) is 0 Å². The van der Waals surface area contributed by atoms with E-state index in [9.17, 15) is 4.57 Å². The molecule has 4 heteroatoms. The third kappa shape index (κ3) is 1.98. The summed E-state index contributed by atoms with van der Waals surface area (Å²) in [4.78, 5) is 8.56. The van der Waals surface area contributed by atoms with Crippen LogP contribution in [0.5, 0.6) is 0 Å². The smallest absolute Gasteiger partial charge is 0.133 e. The van der Waals surface area contributed by atoms with Gasteiger partial charge in [-0.1, -0.05) is 0 Å². The Kier molecular flexibility index (Phi) is 1.96. The minimum absolute atomic E-state index is 0.101. The van der Waals surface area contributed by atoms with Gasteiger partial charge in [-0.25, -0.2) is 0 Å². The molecule has 0 aromatic carbocycles. The molecule has 62 valence electrons. The van der Waals surface area contributed by atoms with Gasteiger partial charge in [0.05, 0.1) is 0 Å². The van der Waals surface area contributed by atoms with Gasteiger partial charge in [0.1, 0.15) is 6.10 Å². The molecule has 0 spiro atoms. The van der Waals surface area contributed by atoms with E-state index in [4.69, 9.17) is 9.42 Å². The van der Waals surface area contributed by atoms with Crippen LogP contribution in [-0.4, -0.2) is 11.0 Å². The maximum Gasteiger partial charge on any atom is 0.695 e. The summed E-state index contributed by atoms with van der Waals surface area (Å²) in [6, 6.07) is 0. The first-order chi connectivity index (χ1) is 5.27. The monoisotopic (exact) mass is 175 g/mol. The van der Waals surface area contributed by atoms with Crippen molar-refractivity contribution in [2.24, 2.45) is 11.8 Å². The summed E-state index contributed by atoms with van der Waals surface area (Å²) in [7, 11) is -2.37. The van der Waals surface area contributed by atoms with Crippen molar-refractivity contribution in [1.29, 1.82) is 0 Å². The van der Waals surface area contributed by atoms with Crippen molar-refractivity contribution >= 4 is 8.25 Å². The normalized spacial score (nSPS) is 25.8. The first kappa shape index (κ1) is 7.66. The van der Waals surface area contributed by atoms with E-state index in [-0.39, 0.29) is 6.10 Å². The fourth-order valence-corrected chi connectivity index (χ4v) is 2.06. The van der Waals surface area contributed by atoms with Crippen LogP contribution in [0.3, 0.4) is 0 Å². The predicted octanol–water partition coefficient (Wildman–Crippen LogP) is 1.84. The Balaban J connectivity index is 1.86. The zero-order chi connectivity index (χ0) is 7.84. The van der Waals surface area contributed by atoms with Crippen molar-refractivity contribution in [3.05, 3.63) is 0 Å². The fraction of sp³-hybridized carbons (Fsp3) is 1.00. The van der Waals surface area contributed by atoms with Gasteiger partial charge in [0.15, 0.2) is 0 Å². The first-order valence-electron chi connectivity index (χ1n) is 4.10. The zero-order valence-electron chi connectivity index (χ0n) is 6.27. The van der Waals surface area contributed by atoms with Crippen molar-refractivity contribution in [1.82, 2.24) is 0 Å². The molecule has 2 saturated carbocycles. The molecule has 2 aliphatic carbocycles. The van der Waals surface area contributed by atoms with Gasteiger partial charge in [-0.2, -0.15) is 0 Å². The second-order valence-electron chi connectivity index (χ2n) is 3.48. The lowest BCUT2D eigenvalue weighted by atomic mass is 10.1. The van der Waals surface area contributed by atoms with Crippen LogP contribution < -0.4 is 0 Å². The SMILES string of the molecule is O=[P+](O)OC(C1CC1)C1CC1. The average Bonchev–Trinajstić information content (AvgIpc) is 2.79. The van der Waals surface area contributed by atoms with Gasteiger partial charge in [0, 0.05) is 4.57 Å². The van der Waals surface area contributed by atoms with Gasteiger partial charge < -0.3 is 0 Å². The molecular formula is C7H12O3P+. The number of hydrogen-bond donors (Lipinski definition) is 1. The van der Waals surface area contributed by atoms with Gasteiger partial charge in [0.2, 0.25) is 0 Å². The molecule has 0 amide bonds. The van der Waals surface area contributed by atoms with E-state index in [1.54, 1.807) is 0 Å². The second-order valence-corrected chi connectivity index (χ2v) is 4.17. The van der Waals surface area contributed by atoms with E-state index in [2.05, 4.69) is 0 Å². The van der Waals surface area contributed by atoms with Crippen molar-refractivity contribution < 1.29 is 14.0 Å². The van der Waals surface area contributed by atoms with Gasteiger partial charge in [-0.15, -0.1) is 9.42 Å². The van der Waals surface area contributed by atoms with Crippen molar-refractivity contribution in [3.8, 4) is 0 Å². The van der Waals surface area contributed by atoms with E-state index < -0.39 is 8.25 Å². The van der Waals surface area contributed by atoms with Gasteiger partial charge in [-0.05, 0) is 37.5 Å². The molecule has 11 heavy (non-hydrogen) atoms. The highest BCUT2D eigenvalue weighted by molar-refractivity contribution is 7.32. The molecule has 0 aromatic rings. The maximum absolute atomic E-state index is 10.4. The molecule has 2 fully saturated rings. The standard InChI is InChI=1S/C7H11O3P/c8-11(9)10-7(5-1-2-5)6-3-4-6/h5-7H,1-4H2/p+1. The third-order valence-corrected chi connectivity index (χ3v) is 2.81. The zero-order valence-corrected chi connectivity index (χ0v) is 7.17. The maximum atomic E-state index is 10.4. The predicted molar refractivity (Wildman–Crippen MR) is 40.1 cm³/mol. The summed E-state index contributed by atoms with van der Waals surface area (Å²) in [5.41, 5.74) is 0. The van der Waals surface area contributed by atoms with Gasteiger partial charge in [0.25, 0.3) is 0 Å². The van der Waals surface area contributed by atoms with E-state index in [0.29, 0.717) is 11.8 Å². The van der Waals surface area contributed by atoms with Crippen LogP contribution in [0.25, 0.3) is 0 Å². The Morgan fingerprint density at radius 1 is 1.27 bits per heavy atom. The fourth-order valence-electron chi connectivity index (χ4n) is 1.51. The van der Waals surface area contributed by atoms with Gasteiger partial charge in [-0.3, -0.25) is 0 Å². The highest BCUT2D eigenvalue weighted by atomic mass is 31.1. The Morgan fingerprint density at radius 3 is 2.00 bits per heavy atom. The molecule has 1 atom stereocenters. The summed E-state index contributed by atoms with van der Waals surface area (Å²) < 4.78 is 15.4. The molecule has 3 nitrogen and oxygen atoms in total. The van der Waals surface area contributed by atoms with Crippen LogP contribution in [0.15, 0.2) is 0 Å². The van der Waals surface area contributed by atoms with Crippen molar-refractivity contribution in [2.75, 3.05) is 0 Å². The molecule has 0 saturated heterocycles. The highest BCUT2D eigenvalue weighted by Gasteiger charge is 2.46. The van der Waals surface area contributed by atoms with Crippen LogP contribution in [0.1, 0.15) is 25.7 Å². The molecule has 2 aliphatic rings. The molecule has 0 aromatic heterocycles. The van der Waals surface area contributed by atoms with Crippen LogP contribution in [-0.2, 0) is 9.09 Å². The topological polar surface area (TPSA) is 46.5 Å². The minimum Gasteiger partial charge on any atom is -0.133 e. The molecule has 0 radical (unpaired) electrons. The first-order valence-corrected chi connectivity index (χ1v) is 5.23. The van der Waals surface area contributed by atoms with Gasteiger partial charge >= 0.3 is 8.25 Å². The van der Waals surface area contributed by atoms with Crippen LogP contribution in [0.2, 0.25) is 0 Å². The van der Waals surface area contributed by atoms with Crippen LogP contribution in [0.4, 0.5) is 0 Å². The molecule has 1 unspecified atom stereocenters. The molecular weight excluding hydrogens is 163 g/mol. The van der Waals surface area contributed by atoms with E-state index in [1.165, 1.54) is 25.7 Å². The molecule has 0 bridgehead atoms. The largest absolute Gasteiger partial charge is 0.695 e.